The molecule has 0 saturated heterocycles. The third-order valence-electron chi connectivity index (χ3n) is 5.02. The Bertz CT molecular complexity index is 504. The molecule has 2 nitrogen and oxygen atoms in total. The number of unbranched alkanes of at least 4 members (excludes halogenated alkanes) is 10. The number of aryl methyl sites for hydroxylation is 1. The van der Waals surface area contributed by atoms with E-state index in [0.29, 0.717) is 5.75 Å². The normalized spacial score (nSPS) is 11.7. The van der Waals surface area contributed by atoms with Crippen LogP contribution in [0.2, 0.25) is 0 Å². The SMILES string of the molecule is CCCCCCCCc1cccc(O[P+]([O-])([S-])[S-])c1CCCCCCCC. The highest BCUT2D eigenvalue weighted by molar-refractivity contribution is 8.69. The second-order valence-electron chi connectivity index (χ2n) is 7.47. The topological polar surface area (TPSA) is 32.3 Å². The van der Waals surface area contributed by atoms with Gasteiger partial charge in [-0.2, -0.15) is 0 Å². The summed E-state index contributed by atoms with van der Waals surface area (Å²) in [4.78, 5) is 11.9. The molecule has 0 spiro atoms. The van der Waals surface area contributed by atoms with E-state index in [9.17, 15) is 4.89 Å². The van der Waals surface area contributed by atoms with Gasteiger partial charge >= 0.3 is 0 Å². The van der Waals surface area contributed by atoms with Gasteiger partial charge in [0.05, 0.1) is 0 Å². The first-order valence-corrected chi connectivity index (χ1v) is 14.5. The zero-order valence-corrected chi connectivity index (χ0v) is 19.7. The lowest BCUT2D eigenvalue weighted by Crippen LogP contribution is -2.11. The molecule has 0 N–H and O–H groups in total. The summed E-state index contributed by atoms with van der Waals surface area (Å²) < 4.78 is 5.51. The molecule has 0 aliphatic carbocycles. The third-order valence-corrected chi connectivity index (χ3v) is 5.89. The van der Waals surface area contributed by atoms with Crippen LogP contribution in [0.4, 0.5) is 0 Å². The van der Waals surface area contributed by atoms with Gasteiger partial charge in [0.1, 0.15) is 0 Å². The summed E-state index contributed by atoms with van der Waals surface area (Å²) in [5, 5.41) is 0. The van der Waals surface area contributed by atoms with Crippen molar-refractivity contribution in [3.8, 4) is 5.75 Å². The Kier molecular flexibility index (Phi) is 14.0. The van der Waals surface area contributed by atoms with Crippen molar-refractivity contribution in [2.75, 3.05) is 0 Å². The van der Waals surface area contributed by atoms with Crippen LogP contribution in [-0.4, -0.2) is 0 Å². The number of hydrogen-bond donors (Lipinski definition) is 0. The summed E-state index contributed by atoms with van der Waals surface area (Å²) in [5.74, 6) is 0.653. The first kappa shape index (κ1) is 25.1. The highest BCUT2D eigenvalue weighted by Gasteiger charge is 2.12. The zero-order chi connectivity index (χ0) is 20.0. The minimum atomic E-state index is -3.37. The number of benzene rings is 1. The van der Waals surface area contributed by atoms with Crippen LogP contribution in [0.5, 0.6) is 5.75 Å². The van der Waals surface area contributed by atoms with Crippen molar-refractivity contribution < 1.29 is 9.42 Å². The van der Waals surface area contributed by atoms with E-state index in [1.807, 2.05) is 12.1 Å². The van der Waals surface area contributed by atoms with E-state index in [-0.39, 0.29) is 0 Å². The minimum Gasteiger partial charge on any atom is -0.682 e. The molecule has 0 bridgehead atoms. The largest absolute Gasteiger partial charge is 0.682 e. The van der Waals surface area contributed by atoms with Gasteiger partial charge in [0.15, 0.2) is 5.75 Å². The van der Waals surface area contributed by atoms with E-state index in [1.165, 1.54) is 81.8 Å². The molecule has 5 heteroatoms. The lowest BCUT2D eigenvalue weighted by Gasteiger charge is -2.42. The Morgan fingerprint density at radius 3 is 1.85 bits per heavy atom. The fourth-order valence-corrected chi connectivity index (χ4v) is 4.41. The van der Waals surface area contributed by atoms with Crippen LogP contribution in [0.25, 0.3) is 0 Å². The summed E-state index contributed by atoms with van der Waals surface area (Å²) in [6.45, 7) is 4.49. The third kappa shape index (κ3) is 12.3. The van der Waals surface area contributed by atoms with Gasteiger partial charge in [-0.15, -0.1) is 6.12 Å². The van der Waals surface area contributed by atoms with Gasteiger partial charge in [0.2, 0.25) is 0 Å². The van der Waals surface area contributed by atoms with Gasteiger partial charge in [0.25, 0.3) is 0 Å². The number of hydrogen-bond acceptors (Lipinski definition) is 4. The van der Waals surface area contributed by atoms with E-state index in [1.54, 1.807) is 0 Å². The summed E-state index contributed by atoms with van der Waals surface area (Å²) in [6.07, 6.45) is 13.9. The van der Waals surface area contributed by atoms with Crippen LogP contribution in [-0.2, 0) is 37.3 Å². The quantitative estimate of drug-likeness (QED) is 0.161. The van der Waals surface area contributed by atoms with Crippen LogP contribution in [0.1, 0.15) is 102 Å². The molecular weight excluding hydrogens is 391 g/mol. The Morgan fingerprint density at radius 1 is 0.778 bits per heavy atom. The maximum absolute atomic E-state index is 11.9. The van der Waals surface area contributed by atoms with Gasteiger partial charge in [-0.05, 0) is 37.3 Å². The van der Waals surface area contributed by atoms with E-state index >= 15 is 0 Å². The maximum atomic E-state index is 11.9. The molecule has 156 valence electrons. The molecule has 1 aromatic carbocycles. The Labute approximate surface area is 178 Å². The predicted molar refractivity (Wildman–Crippen MR) is 123 cm³/mol. The van der Waals surface area contributed by atoms with Crippen molar-refractivity contribution in [2.24, 2.45) is 0 Å². The molecule has 0 unspecified atom stereocenters. The first-order valence-electron chi connectivity index (χ1n) is 10.8. The van der Waals surface area contributed by atoms with Gasteiger partial charge < -0.3 is 33.9 Å². The van der Waals surface area contributed by atoms with Crippen molar-refractivity contribution in [1.82, 2.24) is 0 Å². The summed E-state index contributed by atoms with van der Waals surface area (Å²) in [6, 6.07) is 6.04. The summed E-state index contributed by atoms with van der Waals surface area (Å²) in [7, 11) is 0. The highest BCUT2D eigenvalue weighted by atomic mass is 33.1. The van der Waals surface area contributed by atoms with Gasteiger partial charge in [-0.1, -0.05) is 90.2 Å². The summed E-state index contributed by atoms with van der Waals surface area (Å²) >= 11 is 9.70. The minimum absolute atomic E-state index is 0.653. The molecule has 1 aromatic rings. The molecule has 0 atom stereocenters. The van der Waals surface area contributed by atoms with Gasteiger partial charge in [-0.25, -0.2) is 0 Å². The molecule has 0 amide bonds. The fraction of sp³-hybridized carbons (Fsp3) is 0.727. The molecule has 0 fully saturated rings. The van der Waals surface area contributed by atoms with Crippen LogP contribution in [0, 0.1) is 0 Å². The first-order chi connectivity index (χ1) is 13.0. The smallest absolute Gasteiger partial charge is 0.171 e. The zero-order valence-electron chi connectivity index (χ0n) is 17.2. The second kappa shape index (κ2) is 15.0. The van der Waals surface area contributed by atoms with Gasteiger partial charge in [0, 0.05) is 5.56 Å². The molecule has 1 rings (SSSR count). The molecule has 0 saturated carbocycles. The van der Waals surface area contributed by atoms with Gasteiger partial charge in [-0.3, -0.25) is 0 Å². The lowest BCUT2D eigenvalue weighted by molar-refractivity contribution is -0.169. The molecule has 0 aliphatic heterocycles. The van der Waals surface area contributed by atoms with E-state index in [4.69, 9.17) is 29.0 Å². The Morgan fingerprint density at radius 2 is 1.30 bits per heavy atom. The molecule has 27 heavy (non-hydrogen) atoms. The van der Waals surface area contributed by atoms with Crippen LogP contribution < -0.4 is 9.42 Å². The van der Waals surface area contributed by atoms with Crippen molar-refractivity contribution in [3.05, 3.63) is 29.3 Å². The van der Waals surface area contributed by atoms with Crippen molar-refractivity contribution in [1.29, 1.82) is 0 Å². The average molecular weight is 429 g/mol. The second-order valence-corrected chi connectivity index (χ2v) is 12.1. The van der Waals surface area contributed by atoms with Crippen molar-refractivity contribution in [2.45, 2.75) is 104 Å². The molecule has 0 aromatic heterocycles. The van der Waals surface area contributed by atoms with E-state index < -0.39 is 6.12 Å². The lowest BCUT2D eigenvalue weighted by atomic mass is 9.95. The van der Waals surface area contributed by atoms with Crippen LogP contribution >= 0.6 is 6.12 Å². The monoisotopic (exact) mass is 428 g/mol. The summed E-state index contributed by atoms with van der Waals surface area (Å²) in [5.41, 5.74) is 2.49. The van der Waals surface area contributed by atoms with Crippen LogP contribution in [0.15, 0.2) is 18.2 Å². The highest BCUT2D eigenvalue weighted by Crippen LogP contribution is 2.47. The molecular formula is C22H37O2PS2-2. The maximum Gasteiger partial charge on any atom is 0.171 e. The Hall–Kier alpha value is 0.110. The molecule has 0 radical (unpaired) electrons. The van der Waals surface area contributed by atoms with Crippen LogP contribution in [0.3, 0.4) is 0 Å². The number of rotatable bonds is 16. The van der Waals surface area contributed by atoms with Crippen molar-refractivity contribution in [3.63, 3.8) is 0 Å². The molecule has 0 heterocycles. The van der Waals surface area contributed by atoms with E-state index in [2.05, 4.69) is 19.9 Å². The molecule has 0 aliphatic rings. The predicted octanol–water partition coefficient (Wildman–Crippen LogP) is 7.00. The Balaban J connectivity index is 2.65. The fourth-order valence-electron chi connectivity index (χ4n) is 3.51. The van der Waals surface area contributed by atoms with E-state index in [0.717, 1.165) is 19.3 Å². The average Bonchev–Trinajstić information content (AvgIpc) is 2.61. The van der Waals surface area contributed by atoms with Crippen molar-refractivity contribution >= 4 is 30.6 Å². The standard InChI is InChI=1S/C22H39O2PS2/c1-3-5-7-9-11-13-16-20-17-15-19-22(24-25(23,26)27)21(20)18-14-12-10-8-6-4-2/h15,17,19H,3-14,16,18H2,1-2H3,(H2,23,26,27)/p-2.